The topological polar surface area (TPSA) is 62.9 Å². The second-order valence-corrected chi connectivity index (χ2v) is 4.12. The van der Waals surface area contributed by atoms with Gasteiger partial charge in [0.2, 0.25) is 0 Å². The summed E-state index contributed by atoms with van der Waals surface area (Å²) in [5, 5.41) is 0. The van der Waals surface area contributed by atoms with Crippen molar-refractivity contribution in [2.24, 2.45) is 5.73 Å². The smallest absolute Gasteiger partial charge is 0.122 e. The molecular weight excluding hydrogens is 258 g/mol. The van der Waals surface area contributed by atoms with Gasteiger partial charge >= 0.3 is 0 Å². The molecule has 0 aliphatic heterocycles. The average molecular weight is 283 g/mol. The fraction of sp³-hybridized carbons (Fsp3) is 0.600. The van der Waals surface area contributed by atoms with E-state index in [0.29, 0.717) is 46.2 Å². The summed E-state index contributed by atoms with van der Waals surface area (Å²) in [6.07, 6.45) is 0.843. The van der Waals surface area contributed by atoms with E-state index in [1.165, 1.54) is 0 Å². The third kappa shape index (κ3) is 7.99. The molecule has 0 saturated heterocycles. The molecule has 0 atom stereocenters. The number of ether oxygens (including phenoxy) is 4. The van der Waals surface area contributed by atoms with E-state index in [4.69, 9.17) is 24.7 Å². The van der Waals surface area contributed by atoms with Crippen LogP contribution in [0.3, 0.4) is 0 Å². The SMILES string of the molecule is CCOc1cccc(OCCCOCCOCCN)c1. The van der Waals surface area contributed by atoms with Gasteiger partial charge in [-0.15, -0.1) is 0 Å². The second-order valence-electron chi connectivity index (χ2n) is 4.12. The third-order valence-corrected chi connectivity index (χ3v) is 2.45. The summed E-state index contributed by atoms with van der Waals surface area (Å²) in [5.41, 5.74) is 5.30. The number of benzene rings is 1. The Morgan fingerprint density at radius 2 is 1.60 bits per heavy atom. The van der Waals surface area contributed by atoms with Crippen LogP contribution >= 0.6 is 0 Å². The molecule has 0 aliphatic rings. The van der Waals surface area contributed by atoms with Gasteiger partial charge in [0.25, 0.3) is 0 Å². The monoisotopic (exact) mass is 283 g/mol. The van der Waals surface area contributed by atoms with Crippen molar-refractivity contribution < 1.29 is 18.9 Å². The van der Waals surface area contributed by atoms with Crippen LogP contribution in [0.4, 0.5) is 0 Å². The van der Waals surface area contributed by atoms with E-state index in [2.05, 4.69) is 0 Å². The molecule has 0 spiro atoms. The Morgan fingerprint density at radius 1 is 0.900 bits per heavy atom. The van der Waals surface area contributed by atoms with Gasteiger partial charge < -0.3 is 24.7 Å². The Morgan fingerprint density at radius 3 is 2.30 bits per heavy atom. The van der Waals surface area contributed by atoms with Gasteiger partial charge in [0.15, 0.2) is 0 Å². The van der Waals surface area contributed by atoms with Gasteiger partial charge in [-0.05, 0) is 19.1 Å². The van der Waals surface area contributed by atoms with Crippen molar-refractivity contribution in [3.05, 3.63) is 24.3 Å². The van der Waals surface area contributed by atoms with Crippen LogP contribution < -0.4 is 15.2 Å². The second kappa shape index (κ2) is 11.5. The lowest BCUT2D eigenvalue weighted by atomic mass is 10.3. The minimum atomic E-state index is 0.550. The van der Waals surface area contributed by atoms with E-state index in [-0.39, 0.29) is 0 Å². The van der Waals surface area contributed by atoms with Crippen molar-refractivity contribution in [1.29, 1.82) is 0 Å². The standard InChI is InChI=1S/C15H25NO4/c1-2-19-14-5-3-6-15(13-14)20-9-4-8-17-11-12-18-10-7-16/h3,5-6,13H,2,4,7-12,16H2,1H3. The number of nitrogens with two attached hydrogens (primary N) is 1. The van der Waals surface area contributed by atoms with Crippen molar-refractivity contribution in [3.63, 3.8) is 0 Å². The van der Waals surface area contributed by atoms with Crippen molar-refractivity contribution in [2.45, 2.75) is 13.3 Å². The fourth-order valence-electron chi connectivity index (χ4n) is 1.58. The third-order valence-electron chi connectivity index (χ3n) is 2.45. The van der Waals surface area contributed by atoms with Gasteiger partial charge in [-0.3, -0.25) is 0 Å². The Hall–Kier alpha value is -1.30. The first-order valence-electron chi connectivity index (χ1n) is 7.08. The Kier molecular flexibility index (Phi) is 9.65. The summed E-state index contributed by atoms with van der Waals surface area (Å²) in [4.78, 5) is 0. The molecule has 0 radical (unpaired) electrons. The summed E-state index contributed by atoms with van der Waals surface area (Å²) >= 11 is 0. The van der Waals surface area contributed by atoms with Crippen LogP contribution in [0.5, 0.6) is 11.5 Å². The molecule has 5 nitrogen and oxygen atoms in total. The zero-order valence-electron chi connectivity index (χ0n) is 12.2. The maximum Gasteiger partial charge on any atom is 0.122 e. The van der Waals surface area contributed by atoms with E-state index in [9.17, 15) is 0 Å². The first-order valence-corrected chi connectivity index (χ1v) is 7.08. The molecule has 2 N–H and O–H groups in total. The van der Waals surface area contributed by atoms with Crippen LogP contribution in [0.15, 0.2) is 24.3 Å². The molecule has 0 aliphatic carbocycles. The van der Waals surface area contributed by atoms with Crippen molar-refractivity contribution >= 4 is 0 Å². The summed E-state index contributed by atoms with van der Waals surface area (Å²) < 4.78 is 21.7. The Balaban J connectivity index is 2.02. The van der Waals surface area contributed by atoms with Crippen molar-refractivity contribution in [2.75, 3.05) is 46.2 Å². The minimum Gasteiger partial charge on any atom is -0.494 e. The average Bonchev–Trinajstić information content (AvgIpc) is 2.46. The Bertz CT molecular complexity index is 346. The van der Waals surface area contributed by atoms with E-state index >= 15 is 0 Å². The number of rotatable bonds is 12. The van der Waals surface area contributed by atoms with E-state index in [1.54, 1.807) is 0 Å². The first kappa shape index (κ1) is 16.8. The van der Waals surface area contributed by atoms with Crippen LogP contribution in [-0.4, -0.2) is 46.2 Å². The maximum absolute atomic E-state index is 5.63. The molecule has 0 aromatic heterocycles. The van der Waals surface area contributed by atoms with Gasteiger partial charge in [0.05, 0.1) is 33.0 Å². The molecule has 5 heteroatoms. The lowest BCUT2D eigenvalue weighted by Gasteiger charge is -2.09. The van der Waals surface area contributed by atoms with Gasteiger partial charge in [0, 0.05) is 25.6 Å². The number of hydrogen-bond donors (Lipinski definition) is 1. The molecule has 20 heavy (non-hydrogen) atoms. The van der Waals surface area contributed by atoms with Crippen LogP contribution in [0.2, 0.25) is 0 Å². The largest absolute Gasteiger partial charge is 0.494 e. The highest BCUT2D eigenvalue weighted by Gasteiger charge is 1.97. The molecule has 0 bridgehead atoms. The first-order chi connectivity index (χ1) is 9.86. The molecule has 0 unspecified atom stereocenters. The normalized spacial score (nSPS) is 10.5. The maximum atomic E-state index is 5.63. The van der Waals surface area contributed by atoms with Crippen molar-refractivity contribution in [3.8, 4) is 11.5 Å². The molecular formula is C15H25NO4. The Labute approximate surface area is 121 Å². The fourth-order valence-corrected chi connectivity index (χ4v) is 1.58. The predicted molar refractivity (Wildman–Crippen MR) is 78.4 cm³/mol. The van der Waals surface area contributed by atoms with Crippen LogP contribution in [-0.2, 0) is 9.47 Å². The zero-order valence-corrected chi connectivity index (χ0v) is 12.2. The van der Waals surface area contributed by atoms with E-state index in [0.717, 1.165) is 17.9 Å². The molecule has 0 fully saturated rings. The zero-order chi connectivity index (χ0) is 14.5. The van der Waals surface area contributed by atoms with Crippen LogP contribution in [0.1, 0.15) is 13.3 Å². The molecule has 0 heterocycles. The summed E-state index contributed by atoms with van der Waals surface area (Å²) in [5.74, 6) is 1.65. The van der Waals surface area contributed by atoms with Gasteiger partial charge in [-0.2, -0.15) is 0 Å². The highest BCUT2D eigenvalue weighted by atomic mass is 16.5. The van der Waals surface area contributed by atoms with Crippen LogP contribution in [0, 0.1) is 0 Å². The molecule has 1 aromatic rings. The molecule has 1 aromatic carbocycles. The van der Waals surface area contributed by atoms with Gasteiger partial charge in [0.1, 0.15) is 11.5 Å². The summed E-state index contributed by atoms with van der Waals surface area (Å²) in [7, 11) is 0. The highest BCUT2D eigenvalue weighted by Crippen LogP contribution is 2.19. The van der Waals surface area contributed by atoms with Crippen molar-refractivity contribution in [1.82, 2.24) is 0 Å². The summed E-state index contributed by atoms with van der Waals surface area (Å²) in [6.45, 7) is 6.23. The molecule has 0 saturated carbocycles. The molecule has 114 valence electrons. The molecule has 0 amide bonds. The lowest BCUT2D eigenvalue weighted by molar-refractivity contribution is 0.0463. The summed E-state index contributed by atoms with van der Waals surface area (Å²) in [6, 6.07) is 7.65. The lowest BCUT2D eigenvalue weighted by Crippen LogP contribution is -2.12. The quantitative estimate of drug-likeness (QED) is 0.593. The molecule has 1 rings (SSSR count). The highest BCUT2D eigenvalue weighted by molar-refractivity contribution is 5.32. The predicted octanol–water partition coefficient (Wildman–Crippen LogP) is 1.85. The van der Waals surface area contributed by atoms with E-state index in [1.807, 2.05) is 31.2 Å². The minimum absolute atomic E-state index is 0.550. The van der Waals surface area contributed by atoms with Gasteiger partial charge in [-0.1, -0.05) is 6.07 Å². The van der Waals surface area contributed by atoms with Crippen LogP contribution in [0.25, 0.3) is 0 Å². The number of hydrogen-bond acceptors (Lipinski definition) is 5. The van der Waals surface area contributed by atoms with Gasteiger partial charge in [-0.25, -0.2) is 0 Å². The van der Waals surface area contributed by atoms with E-state index < -0.39 is 0 Å².